The molecule has 1 aliphatic carbocycles. The lowest BCUT2D eigenvalue weighted by atomic mass is 9.82. The van der Waals surface area contributed by atoms with Crippen LogP contribution < -0.4 is 0 Å². The van der Waals surface area contributed by atoms with E-state index in [1.165, 1.54) is 0 Å². The zero-order chi connectivity index (χ0) is 17.7. The van der Waals surface area contributed by atoms with Crippen LogP contribution in [0.5, 0.6) is 5.75 Å². The highest BCUT2D eigenvalue weighted by atomic mass is 32.1. The van der Waals surface area contributed by atoms with Gasteiger partial charge in [-0.1, -0.05) is 41.7 Å². The highest BCUT2D eigenvalue weighted by molar-refractivity contribution is 7.20. The Kier molecular flexibility index (Phi) is 3.39. The number of aromatic nitrogens is 3. The molecule has 4 aromatic rings. The lowest BCUT2D eigenvalue weighted by molar-refractivity contribution is 0.0963. The molecule has 5 rings (SSSR count). The summed E-state index contributed by atoms with van der Waals surface area (Å²) >= 11 is 1.56. The van der Waals surface area contributed by atoms with E-state index in [1.54, 1.807) is 34.3 Å². The second-order valence-electron chi connectivity index (χ2n) is 6.47. The number of carbonyl (C=O) groups excluding carboxylic acids is 1. The summed E-state index contributed by atoms with van der Waals surface area (Å²) < 4.78 is 2.87. The fraction of sp³-hybridized carbons (Fsp3) is 0.150. The summed E-state index contributed by atoms with van der Waals surface area (Å²) in [5.41, 5.74) is 3.27. The average Bonchev–Trinajstić information content (AvgIpc) is 3.25. The van der Waals surface area contributed by atoms with Crippen molar-refractivity contribution in [2.24, 2.45) is 0 Å². The van der Waals surface area contributed by atoms with Gasteiger partial charge in [-0.15, -0.1) is 0 Å². The number of thiazole rings is 1. The number of nitrogens with zero attached hydrogens (tertiary/aromatic N) is 3. The van der Waals surface area contributed by atoms with Gasteiger partial charge >= 0.3 is 0 Å². The number of phenolic OH excluding ortho intramolecular Hbond substituents is 1. The number of hydrogen-bond acceptors (Lipinski definition) is 5. The number of hydrogen-bond donors (Lipinski definition) is 1. The SMILES string of the molecule is O=C1CC(c2ccccc2O)Cc2c1cnn2-c1nc2ccccc2s1. The van der Waals surface area contributed by atoms with Gasteiger partial charge in [-0.05, 0) is 30.2 Å². The van der Waals surface area contributed by atoms with Gasteiger partial charge in [0.05, 0.1) is 27.7 Å². The van der Waals surface area contributed by atoms with Crippen LogP contribution >= 0.6 is 11.3 Å². The van der Waals surface area contributed by atoms with Crippen molar-refractivity contribution in [3.05, 3.63) is 71.5 Å². The van der Waals surface area contributed by atoms with Crippen LogP contribution in [0.2, 0.25) is 0 Å². The Morgan fingerprint density at radius 2 is 1.88 bits per heavy atom. The maximum Gasteiger partial charge on any atom is 0.211 e. The van der Waals surface area contributed by atoms with E-state index in [0.717, 1.165) is 26.6 Å². The highest BCUT2D eigenvalue weighted by Gasteiger charge is 2.31. The monoisotopic (exact) mass is 361 g/mol. The van der Waals surface area contributed by atoms with Crippen molar-refractivity contribution in [3.63, 3.8) is 0 Å². The van der Waals surface area contributed by atoms with Gasteiger partial charge in [-0.25, -0.2) is 9.67 Å². The van der Waals surface area contributed by atoms with Crippen LogP contribution in [-0.2, 0) is 6.42 Å². The molecule has 0 bridgehead atoms. The van der Waals surface area contributed by atoms with Gasteiger partial charge in [-0.2, -0.15) is 5.10 Å². The molecule has 0 spiro atoms. The molecule has 0 saturated heterocycles. The van der Waals surface area contributed by atoms with E-state index in [2.05, 4.69) is 10.1 Å². The molecular formula is C20H15N3O2S. The van der Waals surface area contributed by atoms with E-state index < -0.39 is 0 Å². The molecule has 1 N–H and O–H groups in total. The van der Waals surface area contributed by atoms with Crippen molar-refractivity contribution < 1.29 is 9.90 Å². The fourth-order valence-corrected chi connectivity index (χ4v) is 4.56. The zero-order valence-electron chi connectivity index (χ0n) is 13.8. The molecule has 0 aliphatic heterocycles. The molecule has 2 aromatic carbocycles. The Bertz CT molecular complexity index is 1110. The molecule has 1 unspecified atom stereocenters. The van der Waals surface area contributed by atoms with E-state index in [4.69, 9.17) is 0 Å². The predicted octanol–water partition coefficient (Wildman–Crippen LogP) is 4.10. The molecule has 1 atom stereocenters. The van der Waals surface area contributed by atoms with E-state index in [1.807, 2.05) is 36.4 Å². The number of phenols is 1. The van der Waals surface area contributed by atoms with Crippen LogP contribution in [0, 0.1) is 0 Å². The summed E-state index contributed by atoms with van der Waals surface area (Å²) in [6, 6.07) is 15.2. The summed E-state index contributed by atoms with van der Waals surface area (Å²) in [5.74, 6) is 0.243. The smallest absolute Gasteiger partial charge is 0.211 e. The first-order chi connectivity index (χ1) is 12.7. The second kappa shape index (κ2) is 5.78. The maximum absolute atomic E-state index is 12.6. The molecule has 5 nitrogen and oxygen atoms in total. The lowest BCUT2D eigenvalue weighted by Crippen LogP contribution is -2.20. The standard InChI is InChI=1S/C20H15N3O2S/c24-17-7-3-1-5-13(17)12-9-16-14(18(25)10-12)11-21-23(16)20-22-15-6-2-4-8-19(15)26-20/h1-8,11-12,24H,9-10H2. The van der Waals surface area contributed by atoms with Crippen LogP contribution in [0.25, 0.3) is 15.3 Å². The Balaban J connectivity index is 1.60. The van der Waals surface area contributed by atoms with E-state index >= 15 is 0 Å². The van der Waals surface area contributed by atoms with Gasteiger partial charge in [0.25, 0.3) is 0 Å². The van der Waals surface area contributed by atoms with Crippen LogP contribution in [0.1, 0.15) is 34.0 Å². The molecule has 0 radical (unpaired) electrons. The molecule has 6 heteroatoms. The lowest BCUT2D eigenvalue weighted by Gasteiger charge is -2.23. The van der Waals surface area contributed by atoms with Crippen molar-refractivity contribution in [1.29, 1.82) is 0 Å². The van der Waals surface area contributed by atoms with Crippen LogP contribution in [-0.4, -0.2) is 25.7 Å². The number of para-hydroxylation sites is 2. The Labute approximate surface area is 153 Å². The summed E-state index contributed by atoms with van der Waals surface area (Å²) in [4.78, 5) is 17.3. The summed E-state index contributed by atoms with van der Waals surface area (Å²) in [5, 5.41) is 15.4. The number of Topliss-reactive ketones (excluding diaryl/α,β-unsaturated/α-hetero) is 1. The topological polar surface area (TPSA) is 68.0 Å². The van der Waals surface area contributed by atoms with Crippen LogP contribution in [0.3, 0.4) is 0 Å². The molecule has 0 fully saturated rings. The van der Waals surface area contributed by atoms with E-state index in [-0.39, 0.29) is 17.5 Å². The van der Waals surface area contributed by atoms with Crippen LogP contribution in [0.15, 0.2) is 54.7 Å². The minimum absolute atomic E-state index is 0.0546. The summed E-state index contributed by atoms with van der Waals surface area (Å²) in [6.07, 6.45) is 2.68. The zero-order valence-corrected chi connectivity index (χ0v) is 14.6. The average molecular weight is 361 g/mol. The molecule has 1 aliphatic rings. The first-order valence-electron chi connectivity index (χ1n) is 8.44. The number of fused-ring (bicyclic) bond motifs is 2. The summed E-state index contributed by atoms with van der Waals surface area (Å²) in [6.45, 7) is 0. The predicted molar refractivity (Wildman–Crippen MR) is 100 cm³/mol. The number of benzene rings is 2. The van der Waals surface area contributed by atoms with Gasteiger partial charge < -0.3 is 5.11 Å². The fourth-order valence-electron chi connectivity index (χ4n) is 3.61. The minimum Gasteiger partial charge on any atom is -0.508 e. The molecule has 2 aromatic heterocycles. The molecular weight excluding hydrogens is 346 g/mol. The van der Waals surface area contributed by atoms with Crippen molar-refractivity contribution in [3.8, 4) is 10.9 Å². The first kappa shape index (κ1) is 15.3. The first-order valence-corrected chi connectivity index (χ1v) is 9.26. The Morgan fingerprint density at radius 1 is 1.08 bits per heavy atom. The number of ketones is 1. The quantitative estimate of drug-likeness (QED) is 0.584. The van der Waals surface area contributed by atoms with Gasteiger partial charge in [0, 0.05) is 12.3 Å². The Morgan fingerprint density at radius 3 is 2.73 bits per heavy atom. The largest absolute Gasteiger partial charge is 0.508 e. The third kappa shape index (κ3) is 2.34. The molecule has 2 heterocycles. The maximum atomic E-state index is 12.6. The summed E-state index contributed by atoms with van der Waals surface area (Å²) in [7, 11) is 0. The van der Waals surface area contributed by atoms with Crippen molar-refractivity contribution in [1.82, 2.24) is 14.8 Å². The van der Waals surface area contributed by atoms with Gasteiger partial charge in [0.1, 0.15) is 5.75 Å². The van der Waals surface area contributed by atoms with Crippen molar-refractivity contribution in [2.45, 2.75) is 18.8 Å². The molecule has 0 amide bonds. The molecule has 26 heavy (non-hydrogen) atoms. The number of rotatable bonds is 2. The third-order valence-electron chi connectivity index (χ3n) is 4.88. The Hall–Kier alpha value is -2.99. The molecule has 128 valence electrons. The number of aromatic hydroxyl groups is 1. The van der Waals surface area contributed by atoms with Gasteiger partial charge in [0.2, 0.25) is 5.13 Å². The van der Waals surface area contributed by atoms with E-state index in [0.29, 0.717) is 18.4 Å². The third-order valence-corrected chi connectivity index (χ3v) is 5.89. The highest BCUT2D eigenvalue weighted by Crippen LogP contribution is 2.37. The van der Waals surface area contributed by atoms with Gasteiger partial charge in [-0.3, -0.25) is 4.79 Å². The number of carbonyl (C=O) groups is 1. The normalized spacial score (nSPS) is 16.8. The molecule has 0 saturated carbocycles. The van der Waals surface area contributed by atoms with Crippen molar-refractivity contribution >= 4 is 27.3 Å². The van der Waals surface area contributed by atoms with E-state index in [9.17, 15) is 9.90 Å². The van der Waals surface area contributed by atoms with Crippen molar-refractivity contribution in [2.75, 3.05) is 0 Å². The van der Waals surface area contributed by atoms with Gasteiger partial charge in [0.15, 0.2) is 5.78 Å². The minimum atomic E-state index is -0.0546. The second-order valence-corrected chi connectivity index (χ2v) is 7.48. The van der Waals surface area contributed by atoms with Crippen LogP contribution in [0.4, 0.5) is 0 Å².